The van der Waals surface area contributed by atoms with Crippen LogP contribution in [0.3, 0.4) is 0 Å². The number of rotatable bonds is 2. The van der Waals surface area contributed by atoms with Gasteiger partial charge in [0.2, 0.25) is 0 Å². The van der Waals surface area contributed by atoms with E-state index in [2.05, 4.69) is 27.6 Å². The van der Waals surface area contributed by atoms with Crippen LogP contribution in [-0.2, 0) is 7.05 Å². The minimum atomic E-state index is -0.351. The molecule has 0 bridgehead atoms. The molecule has 0 radical (unpaired) electrons. The average molecular weight is 382 g/mol. The van der Waals surface area contributed by atoms with Gasteiger partial charge >= 0.3 is 0 Å². The fourth-order valence-electron chi connectivity index (χ4n) is 2.12. The Morgan fingerprint density at radius 1 is 1.25 bits per heavy atom. The molecule has 5 heteroatoms. The maximum Gasteiger partial charge on any atom is 0.167 e. The second-order valence-corrected chi connectivity index (χ2v) is 5.89. The molecule has 0 atom stereocenters. The van der Waals surface area contributed by atoms with Gasteiger partial charge in [-0.1, -0.05) is 0 Å². The minimum absolute atomic E-state index is 0.265. The number of hydrogen-bond acceptors (Lipinski definition) is 2. The van der Waals surface area contributed by atoms with Crippen molar-refractivity contribution in [2.75, 3.05) is 0 Å². The van der Waals surface area contributed by atoms with E-state index in [1.165, 1.54) is 6.07 Å². The van der Waals surface area contributed by atoms with Crippen molar-refractivity contribution in [3.05, 3.63) is 51.6 Å². The zero-order valence-corrected chi connectivity index (χ0v) is 13.2. The molecule has 102 valence electrons. The number of aryl methyl sites for hydroxylation is 2. The zero-order chi connectivity index (χ0) is 14.3. The number of ether oxygens (including phenoxy) is 1. The van der Waals surface area contributed by atoms with Crippen LogP contribution in [0.25, 0.3) is 11.0 Å². The summed E-state index contributed by atoms with van der Waals surface area (Å²) in [4.78, 5) is 4.27. The van der Waals surface area contributed by atoms with Gasteiger partial charge < -0.3 is 9.30 Å². The second kappa shape index (κ2) is 5.05. The summed E-state index contributed by atoms with van der Waals surface area (Å²) in [6.45, 7) is 1.83. The molecule has 1 aromatic heterocycles. The predicted molar refractivity (Wildman–Crippen MR) is 84.6 cm³/mol. The maximum absolute atomic E-state index is 14.0. The van der Waals surface area contributed by atoms with Gasteiger partial charge in [0.25, 0.3) is 0 Å². The fraction of sp³-hybridized carbons (Fsp3) is 0.133. The molecule has 0 aliphatic rings. The Bertz CT molecular complexity index is 775. The van der Waals surface area contributed by atoms with Gasteiger partial charge in [-0.3, -0.25) is 0 Å². The molecule has 3 nitrogen and oxygen atoms in total. The highest BCUT2D eigenvalue weighted by molar-refractivity contribution is 14.1. The highest BCUT2D eigenvalue weighted by atomic mass is 127. The van der Waals surface area contributed by atoms with E-state index in [0.717, 1.165) is 20.2 Å². The Morgan fingerprint density at radius 2 is 2.05 bits per heavy atom. The van der Waals surface area contributed by atoms with Crippen LogP contribution >= 0.6 is 22.6 Å². The number of aromatic nitrogens is 2. The normalized spacial score (nSPS) is 11.0. The van der Waals surface area contributed by atoms with Gasteiger partial charge in [-0.05, 0) is 59.3 Å². The summed E-state index contributed by atoms with van der Waals surface area (Å²) >= 11 is 2.08. The van der Waals surface area contributed by atoms with E-state index in [-0.39, 0.29) is 11.6 Å². The summed E-state index contributed by atoms with van der Waals surface area (Å²) in [5, 5.41) is 0. The Kier molecular flexibility index (Phi) is 3.37. The molecule has 20 heavy (non-hydrogen) atoms. The molecule has 0 aliphatic heterocycles. The van der Waals surface area contributed by atoms with Gasteiger partial charge in [0.05, 0.1) is 17.4 Å². The summed E-state index contributed by atoms with van der Waals surface area (Å²) < 4.78 is 22.4. The van der Waals surface area contributed by atoms with Crippen molar-refractivity contribution in [3.63, 3.8) is 0 Å². The minimum Gasteiger partial charge on any atom is -0.454 e. The molecule has 2 aromatic carbocycles. The van der Waals surface area contributed by atoms with Gasteiger partial charge in [0.15, 0.2) is 11.6 Å². The molecule has 0 saturated carbocycles. The number of imidazole rings is 1. The first-order valence-electron chi connectivity index (χ1n) is 6.09. The monoisotopic (exact) mass is 382 g/mol. The number of fused-ring (bicyclic) bond motifs is 1. The molecule has 0 spiro atoms. The fourth-order valence-corrected chi connectivity index (χ4v) is 2.86. The third kappa shape index (κ3) is 2.37. The molecule has 0 unspecified atom stereocenters. The van der Waals surface area contributed by atoms with Crippen molar-refractivity contribution in [3.8, 4) is 11.5 Å². The van der Waals surface area contributed by atoms with Gasteiger partial charge in [0.1, 0.15) is 5.75 Å². The van der Waals surface area contributed by atoms with Crippen molar-refractivity contribution in [2.45, 2.75) is 6.92 Å². The number of benzene rings is 2. The van der Waals surface area contributed by atoms with E-state index in [1.807, 2.05) is 42.8 Å². The molecule has 1 heterocycles. The van der Waals surface area contributed by atoms with Gasteiger partial charge in [-0.25, -0.2) is 9.37 Å². The molecule has 0 saturated heterocycles. The van der Waals surface area contributed by atoms with E-state index in [1.54, 1.807) is 6.33 Å². The predicted octanol–water partition coefficient (Wildman–Crippen LogP) is 4.42. The molecular formula is C15H12FIN2O. The lowest BCUT2D eigenvalue weighted by Gasteiger charge is -2.10. The maximum atomic E-state index is 14.0. The van der Waals surface area contributed by atoms with Crippen LogP contribution in [0.2, 0.25) is 0 Å². The SMILES string of the molecule is Cc1cc(I)cc(F)c1Oc1ccc2c(c1)ncn2C. The Morgan fingerprint density at radius 3 is 2.80 bits per heavy atom. The Hall–Kier alpha value is -1.63. The Balaban J connectivity index is 2.01. The van der Waals surface area contributed by atoms with E-state index in [9.17, 15) is 4.39 Å². The summed E-state index contributed by atoms with van der Waals surface area (Å²) in [7, 11) is 1.93. The van der Waals surface area contributed by atoms with Crippen LogP contribution in [0.5, 0.6) is 11.5 Å². The standard InChI is InChI=1S/C15H12FIN2O/c1-9-5-10(17)6-12(16)15(9)20-11-3-4-14-13(7-11)18-8-19(14)2/h3-8H,1-2H3. The van der Waals surface area contributed by atoms with Crippen molar-refractivity contribution in [1.29, 1.82) is 0 Å². The van der Waals surface area contributed by atoms with Gasteiger partial charge in [-0.15, -0.1) is 0 Å². The third-order valence-corrected chi connectivity index (χ3v) is 3.73. The van der Waals surface area contributed by atoms with E-state index in [0.29, 0.717) is 5.75 Å². The molecule has 3 aromatic rings. The smallest absolute Gasteiger partial charge is 0.167 e. The first-order valence-corrected chi connectivity index (χ1v) is 7.17. The summed E-state index contributed by atoms with van der Waals surface area (Å²) in [6.07, 6.45) is 1.74. The lowest BCUT2D eigenvalue weighted by molar-refractivity contribution is 0.439. The highest BCUT2D eigenvalue weighted by Crippen LogP contribution is 2.31. The molecule has 3 rings (SSSR count). The molecule has 0 N–H and O–H groups in total. The molecule has 0 fully saturated rings. The first kappa shape index (κ1) is 13.4. The lowest BCUT2D eigenvalue weighted by Crippen LogP contribution is -1.93. The lowest BCUT2D eigenvalue weighted by atomic mass is 10.2. The first-order chi connectivity index (χ1) is 9.54. The molecular weight excluding hydrogens is 370 g/mol. The van der Waals surface area contributed by atoms with Crippen LogP contribution in [-0.4, -0.2) is 9.55 Å². The quantitative estimate of drug-likeness (QED) is 0.614. The van der Waals surface area contributed by atoms with Crippen LogP contribution < -0.4 is 4.74 Å². The highest BCUT2D eigenvalue weighted by Gasteiger charge is 2.11. The number of nitrogens with zero attached hydrogens (tertiary/aromatic N) is 2. The van der Waals surface area contributed by atoms with Crippen molar-refractivity contribution >= 4 is 33.6 Å². The van der Waals surface area contributed by atoms with Crippen molar-refractivity contribution < 1.29 is 9.13 Å². The largest absolute Gasteiger partial charge is 0.454 e. The van der Waals surface area contributed by atoms with Crippen LogP contribution in [0.1, 0.15) is 5.56 Å². The summed E-state index contributed by atoms with van der Waals surface area (Å²) in [6, 6.07) is 8.89. The van der Waals surface area contributed by atoms with E-state index in [4.69, 9.17) is 4.74 Å². The topological polar surface area (TPSA) is 27.1 Å². The average Bonchev–Trinajstić information content (AvgIpc) is 2.75. The van der Waals surface area contributed by atoms with Crippen molar-refractivity contribution in [2.24, 2.45) is 7.05 Å². The van der Waals surface area contributed by atoms with E-state index >= 15 is 0 Å². The second-order valence-electron chi connectivity index (χ2n) is 4.64. The Labute approximate surface area is 129 Å². The van der Waals surface area contributed by atoms with Crippen LogP contribution in [0, 0.1) is 16.3 Å². The summed E-state index contributed by atoms with van der Waals surface area (Å²) in [5.41, 5.74) is 2.61. The van der Waals surface area contributed by atoms with Gasteiger partial charge in [0, 0.05) is 16.7 Å². The van der Waals surface area contributed by atoms with Gasteiger partial charge in [-0.2, -0.15) is 0 Å². The molecule has 0 amide bonds. The third-order valence-electron chi connectivity index (χ3n) is 3.11. The summed E-state index contributed by atoms with van der Waals surface area (Å²) in [5.74, 6) is 0.496. The zero-order valence-electron chi connectivity index (χ0n) is 11.0. The number of hydrogen-bond donors (Lipinski definition) is 0. The van der Waals surface area contributed by atoms with Crippen LogP contribution in [0.15, 0.2) is 36.7 Å². The van der Waals surface area contributed by atoms with Crippen molar-refractivity contribution in [1.82, 2.24) is 9.55 Å². The van der Waals surface area contributed by atoms with Crippen LogP contribution in [0.4, 0.5) is 4.39 Å². The number of halogens is 2. The van der Waals surface area contributed by atoms with E-state index < -0.39 is 0 Å². The molecule has 0 aliphatic carbocycles.